The molecular weight excluding hydrogens is 172 g/mol. The molecule has 0 aromatic carbocycles. The van der Waals surface area contributed by atoms with Crippen molar-refractivity contribution in [2.24, 2.45) is 0 Å². The van der Waals surface area contributed by atoms with Gasteiger partial charge in [0.1, 0.15) is 0 Å². The van der Waals surface area contributed by atoms with E-state index < -0.39 is 17.2 Å². The van der Waals surface area contributed by atoms with Crippen LogP contribution in [0, 0.1) is 0 Å². The number of carbonyl (C=O) groups excluding carboxylic acids is 3. The third kappa shape index (κ3) is 1.48. The van der Waals surface area contributed by atoms with Gasteiger partial charge < -0.3 is 5.32 Å². The van der Waals surface area contributed by atoms with Crippen LogP contribution in [0.4, 0.5) is 4.79 Å². The molecular formula is C5H5ClN2O3. The fourth-order valence-corrected chi connectivity index (χ4v) is 0.910. The summed E-state index contributed by atoms with van der Waals surface area (Å²) in [5.41, 5.74) is 0. The maximum absolute atomic E-state index is 10.8. The molecule has 0 unspecified atom stereocenters. The van der Waals surface area contributed by atoms with Gasteiger partial charge in [0.05, 0.1) is 0 Å². The van der Waals surface area contributed by atoms with Crippen LogP contribution < -0.4 is 5.32 Å². The van der Waals surface area contributed by atoms with Gasteiger partial charge in [0.15, 0.2) is 0 Å². The van der Waals surface area contributed by atoms with E-state index in [0.717, 1.165) is 0 Å². The average molecular weight is 177 g/mol. The Morgan fingerprint density at radius 2 is 2.18 bits per heavy atom. The van der Waals surface area contributed by atoms with E-state index in [1.807, 2.05) is 0 Å². The summed E-state index contributed by atoms with van der Waals surface area (Å²) in [4.78, 5) is 32.5. The molecule has 1 aliphatic rings. The summed E-state index contributed by atoms with van der Waals surface area (Å²) in [6.07, 6.45) is 0. The molecule has 5 nitrogen and oxygen atoms in total. The zero-order chi connectivity index (χ0) is 8.43. The predicted molar refractivity (Wildman–Crippen MR) is 36.0 cm³/mol. The maximum atomic E-state index is 10.8. The van der Waals surface area contributed by atoms with Gasteiger partial charge in [-0.05, 0) is 11.6 Å². The molecule has 11 heavy (non-hydrogen) atoms. The summed E-state index contributed by atoms with van der Waals surface area (Å²) in [6.45, 7) is 0.413. The average Bonchev–Trinajstić information content (AvgIpc) is 1.94. The van der Waals surface area contributed by atoms with Crippen molar-refractivity contribution >= 4 is 28.8 Å². The van der Waals surface area contributed by atoms with Crippen LogP contribution in [-0.2, 0) is 9.59 Å². The molecule has 0 aromatic heterocycles. The molecule has 6 heteroatoms. The van der Waals surface area contributed by atoms with E-state index in [4.69, 9.17) is 11.6 Å². The third-order valence-corrected chi connectivity index (χ3v) is 1.48. The lowest BCUT2D eigenvalue weighted by atomic mass is 10.4. The van der Waals surface area contributed by atoms with Crippen LogP contribution >= 0.6 is 11.6 Å². The number of rotatable bonds is 0. The van der Waals surface area contributed by atoms with Crippen molar-refractivity contribution in [1.82, 2.24) is 10.2 Å². The Kier molecular flexibility index (Phi) is 2.09. The van der Waals surface area contributed by atoms with E-state index in [2.05, 4.69) is 5.32 Å². The van der Waals surface area contributed by atoms with E-state index in [-0.39, 0.29) is 13.1 Å². The number of carbonyl (C=O) groups is 3. The highest BCUT2D eigenvalue weighted by atomic mass is 35.5. The summed E-state index contributed by atoms with van der Waals surface area (Å²) in [5, 5.41) is 1.36. The Morgan fingerprint density at radius 3 is 2.64 bits per heavy atom. The number of piperazine rings is 1. The van der Waals surface area contributed by atoms with Crippen molar-refractivity contribution in [3.63, 3.8) is 0 Å². The molecule has 0 aromatic rings. The normalized spacial score (nSPS) is 18.1. The summed E-state index contributed by atoms with van der Waals surface area (Å²) in [6, 6.07) is 0. The minimum Gasteiger partial charge on any atom is -0.346 e. The molecule has 0 atom stereocenters. The van der Waals surface area contributed by atoms with Crippen LogP contribution in [0.1, 0.15) is 0 Å². The minimum atomic E-state index is -0.912. The first-order valence-electron chi connectivity index (χ1n) is 2.92. The minimum absolute atomic E-state index is 0.146. The molecule has 3 amide bonds. The first kappa shape index (κ1) is 8.00. The van der Waals surface area contributed by atoms with Crippen LogP contribution in [0.3, 0.4) is 0 Å². The number of hydrogen-bond donors (Lipinski definition) is 1. The fourth-order valence-electron chi connectivity index (χ4n) is 0.749. The van der Waals surface area contributed by atoms with Crippen LogP contribution in [-0.4, -0.2) is 35.2 Å². The second kappa shape index (κ2) is 2.87. The van der Waals surface area contributed by atoms with Gasteiger partial charge in [-0.1, -0.05) is 0 Å². The quantitative estimate of drug-likeness (QED) is 0.302. The van der Waals surface area contributed by atoms with Gasteiger partial charge in [-0.15, -0.1) is 0 Å². The Labute approximate surface area is 67.3 Å². The van der Waals surface area contributed by atoms with Crippen molar-refractivity contribution < 1.29 is 14.4 Å². The largest absolute Gasteiger partial charge is 0.346 e. The second-order valence-corrected chi connectivity index (χ2v) is 2.29. The topological polar surface area (TPSA) is 66.5 Å². The molecule has 1 saturated heterocycles. The van der Waals surface area contributed by atoms with Crippen molar-refractivity contribution in [3.8, 4) is 0 Å². The SMILES string of the molecule is O=C1NCCN(C(=O)Cl)C1=O. The van der Waals surface area contributed by atoms with Crippen molar-refractivity contribution in [3.05, 3.63) is 0 Å². The van der Waals surface area contributed by atoms with Crippen LogP contribution in [0.2, 0.25) is 0 Å². The zero-order valence-corrected chi connectivity index (χ0v) is 6.22. The molecule has 1 fully saturated rings. The molecule has 0 bridgehead atoms. The third-order valence-electron chi connectivity index (χ3n) is 1.27. The van der Waals surface area contributed by atoms with E-state index in [0.29, 0.717) is 4.90 Å². The Morgan fingerprint density at radius 1 is 1.55 bits per heavy atom. The smallest absolute Gasteiger partial charge is 0.323 e. The summed E-state index contributed by atoms with van der Waals surface area (Å²) >= 11 is 5.00. The van der Waals surface area contributed by atoms with Crippen molar-refractivity contribution in [2.75, 3.05) is 13.1 Å². The number of imide groups is 1. The van der Waals surface area contributed by atoms with Gasteiger partial charge in [-0.2, -0.15) is 0 Å². The van der Waals surface area contributed by atoms with E-state index >= 15 is 0 Å². The molecule has 0 saturated carbocycles. The van der Waals surface area contributed by atoms with Crippen LogP contribution in [0.5, 0.6) is 0 Å². The monoisotopic (exact) mass is 176 g/mol. The Hall–Kier alpha value is -1.10. The highest BCUT2D eigenvalue weighted by Crippen LogP contribution is 2.00. The molecule has 1 N–H and O–H groups in total. The van der Waals surface area contributed by atoms with Gasteiger partial charge in [0.25, 0.3) is 0 Å². The molecule has 0 aliphatic carbocycles. The lowest BCUT2D eigenvalue weighted by Crippen LogP contribution is -2.52. The molecule has 1 rings (SSSR count). The van der Waals surface area contributed by atoms with E-state index in [1.165, 1.54) is 0 Å². The lowest BCUT2D eigenvalue weighted by molar-refractivity contribution is -0.145. The first-order chi connectivity index (χ1) is 5.13. The fraction of sp³-hybridized carbons (Fsp3) is 0.400. The van der Waals surface area contributed by atoms with Crippen LogP contribution in [0.25, 0.3) is 0 Å². The zero-order valence-electron chi connectivity index (χ0n) is 5.46. The van der Waals surface area contributed by atoms with Crippen LogP contribution in [0.15, 0.2) is 0 Å². The number of nitrogens with one attached hydrogen (secondary N) is 1. The Balaban J connectivity index is 2.74. The highest BCUT2D eigenvalue weighted by Gasteiger charge is 2.29. The van der Waals surface area contributed by atoms with Crippen molar-refractivity contribution in [1.29, 1.82) is 0 Å². The van der Waals surface area contributed by atoms with Gasteiger partial charge >= 0.3 is 17.2 Å². The van der Waals surface area contributed by atoms with E-state index in [1.54, 1.807) is 0 Å². The number of hydrogen-bond acceptors (Lipinski definition) is 3. The van der Waals surface area contributed by atoms with Gasteiger partial charge in [-0.25, -0.2) is 0 Å². The number of amides is 3. The van der Waals surface area contributed by atoms with Gasteiger partial charge in [-0.3, -0.25) is 19.3 Å². The maximum Gasteiger partial charge on any atom is 0.323 e. The second-order valence-electron chi connectivity index (χ2n) is 1.97. The summed E-state index contributed by atoms with van der Waals surface area (Å²) < 4.78 is 0. The molecule has 60 valence electrons. The van der Waals surface area contributed by atoms with Crippen molar-refractivity contribution in [2.45, 2.75) is 0 Å². The Bertz CT molecular complexity index is 228. The molecule has 0 spiro atoms. The van der Waals surface area contributed by atoms with E-state index in [9.17, 15) is 14.4 Å². The van der Waals surface area contributed by atoms with Gasteiger partial charge in [0, 0.05) is 13.1 Å². The summed E-state index contributed by atoms with van der Waals surface area (Å²) in [5.74, 6) is -1.68. The standard InChI is InChI=1S/C5H5ClN2O3/c6-5(11)8-2-1-7-3(9)4(8)10/h1-2H2,(H,7,9). The number of nitrogens with zero attached hydrogens (tertiary/aromatic N) is 1. The first-order valence-corrected chi connectivity index (χ1v) is 3.30. The molecule has 0 radical (unpaired) electrons. The lowest BCUT2D eigenvalue weighted by Gasteiger charge is -2.21. The predicted octanol–water partition coefficient (Wildman–Crippen LogP) is -0.696. The summed E-state index contributed by atoms with van der Waals surface area (Å²) in [7, 11) is 0. The molecule has 1 heterocycles. The highest BCUT2D eigenvalue weighted by molar-refractivity contribution is 6.65. The number of halogens is 1. The molecule has 1 aliphatic heterocycles. The van der Waals surface area contributed by atoms with Gasteiger partial charge in [0.2, 0.25) is 0 Å².